The Hall–Kier alpha value is -2.65. The number of hydrogen-bond donors (Lipinski definition) is 3. The lowest BCUT2D eigenvalue weighted by Crippen LogP contribution is -2.52. The summed E-state index contributed by atoms with van der Waals surface area (Å²) in [5, 5.41) is 11.2. The Morgan fingerprint density at radius 3 is 2.75 bits per heavy atom. The highest BCUT2D eigenvalue weighted by Gasteiger charge is 2.34. The van der Waals surface area contributed by atoms with Gasteiger partial charge in [0.15, 0.2) is 0 Å². The van der Waals surface area contributed by atoms with E-state index in [1.807, 2.05) is 4.90 Å². The zero-order chi connectivity index (χ0) is 20.3. The summed E-state index contributed by atoms with van der Waals surface area (Å²) in [6, 6.07) is 4.30. The number of halogens is 1. The minimum atomic E-state index is -0.675. The van der Waals surface area contributed by atoms with E-state index in [0.717, 1.165) is 0 Å². The standard InChI is InChI=1S/C19H25FN6O2/c1-11(2)19(27)25-14-4-3-12(9-13(14)20)16(21)15-17(22)23-10-24-18(15)26-5-7-28-8-6-26/h3-4,9-11,15,17,21H,5-8,22H2,1-2H3,(H,25,27). The number of amides is 1. The zero-order valence-corrected chi connectivity index (χ0v) is 16.0. The molecule has 1 amide bonds. The van der Waals surface area contributed by atoms with Crippen molar-refractivity contribution in [3.63, 3.8) is 0 Å². The number of rotatable bonds is 4. The van der Waals surface area contributed by atoms with Gasteiger partial charge in [-0.3, -0.25) is 9.79 Å². The van der Waals surface area contributed by atoms with Crippen molar-refractivity contribution < 1.29 is 13.9 Å². The van der Waals surface area contributed by atoms with E-state index in [2.05, 4.69) is 15.3 Å². The molecule has 8 nitrogen and oxygen atoms in total. The lowest BCUT2D eigenvalue weighted by Gasteiger charge is -2.36. The third-order valence-corrected chi connectivity index (χ3v) is 4.76. The van der Waals surface area contributed by atoms with Crippen molar-refractivity contribution in [2.24, 2.45) is 27.6 Å². The van der Waals surface area contributed by atoms with E-state index in [0.29, 0.717) is 37.7 Å². The van der Waals surface area contributed by atoms with Crippen molar-refractivity contribution in [1.82, 2.24) is 4.90 Å². The Morgan fingerprint density at radius 2 is 2.11 bits per heavy atom. The van der Waals surface area contributed by atoms with Crippen molar-refractivity contribution in [2.75, 3.05) is 31.6 Å². The minimum absolute atomic E-state index is 0.0864. The summed E-state index contributed by atoms with van der Waals surface area (Å²) >= 11 is 0. The molecule has 3 rings (SSSR count). The fraction of sp³-hybridized carbons (Fsp3) is 0.474. The predicted octanol–water partition coefficient (Wildman–Crippen LogP) is 1.46. The molecule has 1 saturated heterocycles. The van der Waals surface area contributed by atoms with Crippen LogP contribution in [0, 0.1) is 23.1 Å². The molecule has 0 aromatic heterocycles. The molecule has 0 saturated carbocycles. The highest BCUT2D eigenvalue weighted by molar-refractivity contribution is 6.15. The third-order valence-electron chi connectivity index (χ3n) is 4.76. The second kappa shape index (κ2) is 8.57. The normalized spacial score (nSPS) is 22.2. The van der Waals surface area contributed by atoms with Crippen molar-refractivity contribution in [3.8, 4) is 0 Å². The molecular formula is C19H25FN6O2. The smallest absolute Gasteiger partial charge is 0.227 e. The SMILES string of the molecule is CC(C)C(=O)Nc1ccc(C(=N)C2C(N3CCOCC3)=NC=NC2N)cc1F. The second-order valence-electron chi connectivity index (χ2n) is 7.07. The number of nitrogens with one attached hydrogen (secondary N) is 2. The quantitative estimate of drug-likeness (QED) is 0.677. The van der Waals surface area contributed by atoms with Crippen LogP contribution in [0.25, 0.3) is 0 Å². The van der Waals surface area contributed by atoms with Crippen LogP contribution in [0.5, 0.6) is 0 Å². The van der Waals surface area contributed by atoms with Gasteiger partial charge < -0.3 is 26.1 Å². The van der Waals surface area contributed by atoms with Gasteiger partial charge in [-0.05, 0) is 17.7 Å². The molecule has 1 aromatic carbocycles. The van der Waals surface area contributed by atoms with Crippen molar-refractivity contribution >= 4 is 29.5 Å². The number of morpholine rings is 1. The molecule has 2 unspecified atom stereocenters. The molecule has 9 heteroatoms. The monoisotopic (exact) mass is 388 g/mol. The van der Waals surface area contributed by atoms with Crippen LogP contribution in [0.4, 0.5) is 10.1 Å². The minimum Gasteiger partial charge on any atom is -0.378 e. The van der Waals surface area contributed by atoms with Gasteiger partial charge in [0.05, 0.1) is 30.5 Å². The summed E-state index contributed by atoms with van der Waals surface area (Å²) in [6.45, 7) is 5.91. The van der Waals surface area contributed by atoms with Crippen LogP contribution in [0.15, 0.2) is 28.2 Å². The maximum atomic E-state index is 14.5. The van der Waals surface area contributed by atoms with Gasteiger partial charge in [0, 0.05) is 19.0 Å². The molecule has 150 valence electrons. The fourth-order valence-corrected chi connectivity index (χ4v) is 3.10. The first-order valence-electron chi connectivity index (χ1n) is 9.25. The number of amidine groups is 1. The van der Waals surface area contributed by atoms with E-state index in [4.69, 9.17) is 15.9 Å². The summed E-state index contributed by atoms with van der Waals surface area (Å²) in [7, 11) is 0. The number of anilines is 1. The van der Waals surface area contributed by atoms with Crippen molar-refractivity contribution in [2.45, 2.75) is 20.0 Å². The maximum Gasteiger partial charge on any atom is 0.227 e. The summed E-state index contributed by atoms with van der Waals surface area (Å²) in [4.78, 5) is 22.3. The average Bonchev–Trinajstić information content (AvgIpc) is 2.69. The molecule has 2 aliphatic rings. The van der Waals surface area contributed by atoms with Crippen LogP contribution in [-0.2, 0) is 9.53 Å². The number of benzene rings is 1. The molecule has 0 radical (unpaired) electrons. The van der Waals surface area contributed by atoms with Crippen molar-refractivity contribution in [3.05, 3.63) is 29.6 Å². The van der Waals surface area contributed by atoms with E-state index in [9.17, 15) is 9.18 Å². The number of ether oxygens (including phenoxy) is 1. The Bertz CT molecular complexity index is 817. The first-order chi connectivity index (χ1) is 13.4. The summed E-state index contributed by atoms with van der Waals surface area (Å²) in [5.41, 5.74) is 6.75. The number of nitrogens with two attached hydrogens (primary N) is 1. The summed E-state index contributed by atoms with van der Waals surface area (Å²) < 4.78 is 19.9. The van der Waals surface area contributed by atoms with Crippen molar-refractivity contribution in [1.29, 1.82) is 5.41 Å². The maximum absolute atomic E-state index is 14.5. The molecular weight excluding hydrogens is 363 g/mol. The number of carbonyl (C=O) groups excluding carboxylic acids is 1. The van der Waals surface area contributed by atoms with Crippen LogP contribution >= 0.6 is 0 Å². The molecule has 28 heavy (non-hydrogen) atoms. The Labute approximate surface area is 163 Å². The topological polar surface area (TPSA) is 116 Å². The van der Waals surface area contributed by atoms with Crippen LogP contribution in [0.3, 0.4) is 0 Å². The number of nitrogens with zero attached hydrogens (tertiary/aromatic N) is 3. The average molecular weight is 388 g/mol. The Balaban J connectivity index is 1.83. The van der Waals surface area contributed by atoms with Gasteiger partial charge in [0.2, 0.25) is 5.91 Å². The molecule has 2 aliphatic heterocycles. The molecule has 1 fully saturated rings. The van der Waals surface area contributed by atoms with E-state index >= 15 is 0 Å². The molecule has 0 spiro atoms. The van der Waals surface area contributed by atoms with Crippen LogP contribution in [-0.4, -0.2) is 61.2 Å². The first-order valence-corrected chi connectivity index (χ1v) is 9.25. The fourth-order valence-electron chi connectivity index (χ4n) is 3.10. The van der Waals surface area contributed by atoms with E-state index in [1.165, 1.54) is 18.5 Å². The Morgan fingerprint density at radius 1 is 1.39 bits per heavy atom. The number of aliphatic imine (C=N–C) groups is 2. The van der Waals surface area contributed by atoms with Gasteiger partial charge in [-0.2, -0.15) is 0 Å². The molecule has 1 aromatic rings. The van der Waals surface area contributed by atoms with Gasteiger partial charge in [-0.1, -0.05) is 19.9 Å². The zero-order valence-electron chi connectivity index (χ0n) is 16.0. The number of carbonyl (C=O) groups is 1. The van der Waals surface area contributed by atoms with E-state index in [-0.39, 0.29) is 23.2 Å². The predicted molar refractivity (Wildman–Crippen MR) is 106 cm³/mol. The van der Waals surface area contributed by atoms with E-state index in [1.54, 1.807) is 19.9 Å². The van der Waals surface area contributed by atoms with E-state index < -0.39 is 17.9 Å². The molecule has 2 heterocycles. The molecule has 4 N–H and O–H groups in total. The van der Waals surface area contributed by atoms with Gasteiger partial charge in [-0.25, -0.2) is 9.38 Å². The summed E-state index contributed by atoms with van der Waals surface area (Å²) in [6.07, 6.45) is 0.732. The second-order valence-corrected chi connectivity index (χ2v) is 7.07. The number of hydrogen-bond acceptors (Lipinski definition) is 7. The van der Waals surface area contributed by atoms with Crippen LogP contribution in [0.2, 0.25) is 0 Å². The third kappa shape index (κ3) is 4.26. The van der Waals surface area contributed by atoms with Crippen LogP contribution in [0.1, 0.15) is 19.4 Å². The van der Waals surface area contributed by atoms with Gasteiger partial charge in [0.25, 0.3) is 0 Å². The molecule has 0 aliphatic carbocycles. The highest BCUT2D eigenvalue weighted by Crippen LogP contribution is 2.23. The Kier molecular flexibility index (Phi) is 6.15. The van der Waals surface area contributed by atoms with Gasteiger partial charge in [-0.15, -0.1) is 0 Å². The lowest BCUT2D eigenvalue weighted by molar-refractivity contribution is -0.118. The van der Waals surface area contributed by atoms with Crippen LogP contribution < -0.4 is 11.1 Å². The molecule has 2 atom stereocenters. The van der Waals surface area contributed by atoms with Gasteiger partial charge in [0.1, 0.15) is 24.2 Å². The first kappa shape index (κ1) is 20.1. The largest absolute Gasteiger partial charge is 0.378 e. The summed E-state index contributed by atoms with van der Waals surface area (Å²) in [5.74, 6) is -1.07. The van der Waals surface area contributed by atoms with Gasteiger partial charge >= 0.3 is 0 Å². The molecule has 0 bridgehead atoms. The highest BCUT2D eigenvalue weighted by atomic mass is 19.1. The lowest BCUT2D eigenvalue weighted by atomic mass is 9.91.